The SMILES string of the molecule is CN1c2cccc([N+](=O)[O-])c2CN1C(=O)NC1=CC(C)(C(=O)Nc2cc(C(=O)Nc3ccn(C)c3C(=O)NCCC(N)=O)n(C)c2)N=C1. The fourth-order valence-corrected chi connectivity index (χ4v) is 5.35. The van der Waals surface area contributed by atoms with Crippen molar-refractivity contribution in [2.45, 2.75) is 25.4 Å². The van der Waals surface area contributed by atoms with Gasteiger partial charge in [-0.25, -0.2) is 9.80 Å². The zero-order valence-corrected chi connectivity index (χ0v) is 26.4. The largest absolute Gasteiger partial charge is 0.370 e. The molecule has 6 N–H and O–H groups in total. The van der Waals surface area contributed by atoms with Crippen LogP contribution in [0, 0.1) is 10.1 Å². The fourth-order valence-electron chi connectivity index (χ4n) is 5.35. The van der Waals surface area contributed by atoms with Gasteiger partial charge in [-0.15, -0.1) is 0 Å². The summed E-state index contributed by atoms with van der Waals surface area (Å²) in [7, 11) is 4.85. The second-order valence-electron chi connectivity index (χ2n) is 11.3. The second kappa shape index (κ2) is 12.7. The average Bonchev–Trinajstić information content (AvgIpc) is 3.78. The minimum absolute atomic E-state index is 0.0172. The molecule has 1 unspecified atom stereocenters. The van der Waals surface area contributed by atoms with Crippen LogP contribution < -0.4 is 32.0 Å². The Balaban J connectivity index is 1.21. The zero-order valence-electron chi connectivity index (χ0n) is 26.4. The van der Waals surface area contributed by atoms with Crippen molar-refractivity contribution >= 4 is 58.6 Å². The third-order valence-electron chi connectivity index (χ3n) is 7.88. The number of benzene rings is 1. The number of hydrogen-bond acceptors (Lipinski definition) is 9. The molecule has 0 saturated heterocycles. The standard InChI is InChI=1S/C30H33N11O7/c1-30(13-18(14-33-30)35-29(46)40-16-19-21(39(40)4)6-5-7-22(19)41(47)48)28(45)34-17-12-23(38(3)15-17)26(43)36-20-9-11-37(2)25(20)27(44)32-10-8-24(31)42/h5-7,9,11-15H,8,10,16H2,1-4H3,(H2,31,42)(H,32,44)(H,34,45)(H,35,46)(H,36,43). The van der Waals surface area contributed by atoms with Gasteiger partial charge in [0.2, 0.25) is 5.91 Å². The van der Waals surface area contributed by atoms with Gasteiger partial charge < -0.3 is 36.1 Å². The summed E-state index contributed by atoms with van der Waals surface area (Å²) < 4.78 is 3.02. The monoisotopic (exact) mass is 659 g/mol. The van der Waals surface area contributed by atoms with E-state index in [1.807, 2.05) is 0 Å². The summed E-state index contributed by atoms with van der Waals surface area (Å²) >= 11 is 0. The predicted octanol–water partition coefficient (Wildman–Crippen LogP) is 1.37. The molecule has 0 spiro atoms. The Kier molecular flexibility index (Phi) is 8.74. The molecule has 0 aliphatic carbocycles. The maximum absolute atomic E-state index is 13.3. The predicted molar refractivity (Wildman–Crippen MR) is 174 cm³/mol. The van der Waals surface area contributed by atoms with E-state index in [9.17, 15) is 34.1 Å². The number of nitro groups is 1. The van der Waals surface area contributed by atoms with Gasteiger partial charge in [-0.2, -0.15) is 0 Å². The van der Waals surface area contributed by atoms with Crippen molar-refractivity contribution in [1.82, 2.24) is 24.8 Å². The number of anilines is 3. The molecule has 2 aromatic heterocycles. The first-order valence-electron chi connectivity index (χ1n) is 14.6. The van der Waals surface area contributed by atoms with Crippen molar-refractivity contribution in [1.29, 1.82) is 0 Å². The first-order valence-corrected chi connectivity index (χ1v) is 14.6. The number of fused-ring (bicyclic) bond motifs is 1. The van der Waals surface area contributed by atoms with E-state index in [0.717, 1.165) is 0 Å². The molecular weight excluding hydrogens is 626 g/mol. The fraction of sp³-hybridized carbons (Fsp3) is 0.267. The van der Waals surface area contributed by atoms with E-state index < -0.39 is 40.1 Å². The lowest BCUT2D eigenvalue weighted by molar-refractivity contribution is -0.385. The van der Waals surface area contributed by atoms with Crippen molar-refractivity contribution in [2.24, 2.45) is 24.8 Å². The van der Waals surface area contributed by atoms with Crippen LogP contribution >= 0.6 is 0 Å². The van der Waals surface area contributed by atoms with Gasteiger partial charge in [-0.1, -0.05) is 6.07 Å². The molecule has 6 amide bonds. The first-order chi connectivity index (χ1) is 22.7. The number of nitrogens with zero attached hydrogens (tertiary/aromatic N) is 6. The third-order valence-corrected chi connectivity index (χ3v) is 7.88. The van der Waals surface area contributed by atoms with Crippen LogP contribution in [0.4, 0.5) is 27.5 Å². The van der Waals surface area contributed by atoms with Crippen LogP contribution in [0.15, 0.2) is 59.5 Å². The highest BCUT2D eigenvalue weighted by Crippen LogP contribution is 2.36. The average molecular weight is 660 g/mol. The number of allylic oxidation sites excluding steroid dienone is 1. The molecule has 1 aromatic carbocycles. The minimum atomic E-state index is -1.40. The van der Waals surface area contributed by atoms with Crippen molar-refractivity contribution in [3.05, 3.63) is 81.6 Å². The summed E-state index contributed by atoms with van der Waals surface area (Å²) in [6.07, 6.45) is 5.90. The number of nitro benzene ring substituents is 1. The lowest BCUT2D eigenvalue weighted by Gasteiger charge is -2.26. The highest BCUT2D eigenvalue weighted by Gasteiger charge is 2.37. The molecule has 250 valence electrons. The van der Waals surface area contributed by atoms with Gasteiger partial charge in [0.1, 0.15) is 11.4 Å². The number of carbonyl (C=O) groups excluding carboxylic acids is 5. The molecule has 2 aliphatic heterocycles. The van der Waals surface area contributed by atoms with Gasteiger partial charge in [0.15, 0.2) is 5.54 Å². The first kappa shape index (κ1) is 32.9. The van der Waals surface area contributed by atoms with Crippen LogP contribution in [0.2, 0.25) is 0 Å². The van der Waals surface area contributed by atoms with E-state index in [-0.39, 0.29) is 48.0 Å². The number of hydrogen-bond donors (Lipinski definition) is 5. The molecular formula is C30H33N11O7. The van der Waals surface area contributed by atoms with Gasteiger partial charge in [-0.05, 0) is 31.2 Å². The molecule has 0 radical (unpaired) electrons. The number of nitrogens with two attached hydrogens (primary N) is 1. The molecule has 18 heteroatoms. The Bertz CT molecular complexity index is 1920. The minimum Gasteiger partial charge on any atom is -0.370 e. The number of rotatable bonds is 10. The Labute approximate surface area is 273 Å². The highest BCUT2D eigenvalue weighted by atomic mass is 16.6. The van der Waals surface area contributed by atoms with Crippen LogP contribution in [0.25, 0.3) is 0 Å². The number of primary amides is 1. The number of aliphatic imine (C=N–C) groups is 1. The van der Waals surface area contributed by atoms with Gasteiger partial charge in [0, 0.05) is 58.8 Å². The molecule has 0 saturated carbocycles. The number of aryl methyl sites for hydroxylation is 2. The van der Waals surface area contributed by atoms with E-state index in [1.165, 1.54) is 49.8 Å². The summed E-state index contributed by atoms with van der Waals surface area (Å²) in [4.78, 5) is 78.5. The molecule has 3 aromatic rings. The maximum Gasteiger partial charge on any atom is 0.341 e. The van der Waals surface area contributed by atoms with Crippen molar-refractivity contribution in [3.8, 4) is 0 Å². The van der Waals surface area contributed by atoms with Gasteiger partial charge in [0.25, 0.3) is 23.4 Å². The molecule has 0 bridgehead atoms. The Morgan fingerprint density at radius 3 is 2.50 bits per heavy atom. The molecule has 5 rings (SSSR count). The van der Waals surface area contributed by atoms with Gasteiger partial charge >= 0.3 is 6.03 Å². The number of nitrogens with one attached hydrogen (secondary N) is 4. The lowest BCUT2D eigenvalue weighted by Crippen LogP contribution is -2.45. The summed E-state index contributed by atoms with van der Waals surface area (Å²) in [5, 5.41) is 25.0. The third kappa shape index (κ3) is 6.43. The van der Waals surface area contributed by atoms with Crippen molar-refractivity contribution in [2.75, 3.05) is 29.2 Å². The highest BCUT2D eigenvalue weighted by molar-refractivity contribution is 6.09. The Morgan fingerprint density at radius 1 is 1.04 bits per heavy atom. The van der Waals surface area contributed by atoms with Gasteiger partial charge in [-0.3, -0.25) is 39.3 Å². The van der Waals surface area contributed by atoms with Crippen LogP contribution in [-0.4, -0.2) is 74.1 Å². The summed E-state index contributed by atoms with van der Waals surface area (Å²) in [6.45, 7) is 1.56. The quantitative estimate of drug-likeness (QED) is 0.157. The van der Waals surface area contributed by atoms with E-state index in [1.54, 1.807) is 52.5 Å². The van der Waals surface area contributed by atoms with E-state index in [2.05, 4.69) is 26.3 Å². The number of amides is 6. The normalized spacial score (nSPS) is 16.3. The molecule has 2 aliphatic rings. The van der Waals surface area contributed by atoms with Gasteiger partial charge in [0.05, 0.1) is 39.8 Å². The topological polar surface area (TPSA) is 231 Å². The van der Waals surface area contributed by atoms with Crippen molar-refractivity contribution < 1.29 is 28.9 Å². The number of urea groups is 1. The Morgan fingerprint density at radius 2 is 1.79 bits per heavy atom. The molecule has 18 nitrogen and oxygen atoms in total. The maximum atomic E-state index is 13.3. The summed E-state index contributed by atoms with van der Waals surface area (Å²) in [6, 6.07) is 7.04. The van der Waals surface area contributed by atoms with E-state index in [4.69, 9.17) is 5.73 Å². The van der Waals surface area contributed by atoms with E-state index in [0.29, 0.717) is 16.9 Å². The van der Waals surface area contributed by atoms with Crippen LogP contribution in [0.5, 0.6) is 0 Å². The molecule has 1 atom stereocenters. The number of hydrazine groups is 1. The zero-order chi connectivity index (χ0) is 34.9. The summed E-state index contributed by atoms with van der Waals surface area (Å²) in [5.41, 5.74) is 5.69. The molecule has 48 heavy (non-hydrogen) atoms. The van der Waals surface area contributed by atoms with Crippen LogP contribution in [0.3, 0.4) is 0 Å². The Hall–Kier alpha value is -6.46. The molecule has 0 fully saturated rings. The molecule has 4 heterocycles. The lowest BCUT2D eigenvalue weighted by atomic mass is 10.0. The summed E-state index contributed by atoms with van der Waals surface area (Å²) in [5.74, 6) is -2.16. The van der Waals surface area contributed by atoms with Crippen LogP contribution in [-0.2, 0) is 30.2 Å². The number of aromatic nitrogens is 2. The van der Waals surface area contributed by atoms with Crippen LogP contribution in [0.1, 0.15) is 39.9 Å². The van der Waals surface area contributed by atoms with Crippen molar-refractivity contribution in [3.63, 3.8) is 0 Å². The number of carbonyl (C=O) groups is 5. The van der Waals surface area contributed by atoms with E-state index >= 15 is 0 Å². The smallest absolute Gasteiger partial charge is 0.341 e. The second-order valence-corrected chi connectivity index (χ2v) is 11.3.